The molecule has 0 aliphatic heterocycles. The Bertz CT molecular complexity index is 420. The van der Waals surface area contributed by atoms with Crippen LogP contribution in [0.15, 0.2) is 11.0 Å². The smallest absolute Gasteiger partial charge is 0.323 e. The molecule has 0 aromatic carbocycles. The highest BCUT2D eigenvalue weighted by Gasteiger charge is 2.08. The van der Waals surface area contributed by atoms with E-state index in [-0.39, 0.29) is 24.6 Å². The predicted octanol–water partition coefficient (Wildman–Crippen LogP) is -0.614. The van der Waals surface area contributed by atoms with Gasteiger partial charge in [-0.1, -0.05) is 0 Å². The number of nitrogens with one attached hydrogen (secondary N) is 3. The van der Waals surface area contributed by atoms with Crippen LogP contribution in [0.5, 0.6) is 0 Å². The van der Waals surface area contributed by atoms with Crippen molar-refractivity contribution in [2.45, 2.75) is 13.3 Å². The fraction of sp³-hybridized carbons (Fsp3) is 0.444. The second-order valence-corrected chi connectivity index (χ2v) is 2.97. The maximum atomic E-state index is 11.3. The molecule has 0 aliphatic rings. The highest BCUT2D eigenvalue weighted by Crippen LogP contribution is 1.89. The quantitative estimate of drug-likeness (QED) is 0.583. The van der Waals surface area contributed by atoms with Gasteiger partial charge >= 0.3 is 11.7 Å². The first kappa shape index (κ1) is 12.0. The lowest BCUT2D eigenvalue weighted by molar-refractivity contribution is -0.142. The van der Waals surface area contributed by atoms with Gasteiger partial charge in [0.1, 0.15) is 5.69 Å². The summed E-state index contributed by atoms with van der Waals surface area (Å²) in [5, 5.41) is 2.47. The van der Waals surface area contributed by atoms with Gasteiger partial charge in [-0.3, -0.25) is 9.59 Å². The van der Waals surface area contributed by atoms with Crippen LogP contribution < -0.4 is 11.0 Å². The van der Waals surface area contributed by atoms with Crippen LogP contribution in [-0.2, 0) is 9.53 Å². The molecule has 7 heteroatoms. The van der Waals surface area contributed by atoms with E-state index in [9.17, 15) is 14.4 Å². The summed E-state index contributed by atoms with van der Waals surface area (Å²) in [6.45, 7) is 2.20. The van der Waals surface area contributed by atoms with Crippen LogP contribution in [0.25, 0.3) is 0 Å². The molecule has 7 nitrogen and oxygen atoms in total. The van der Waals surface area contributed by atoms with Crippen molar-refractivity contribution < 1.29 is 14.3 Å². The lowest BCUT2D eigenvalue weighted by Crippen LogP contribution is -2.27. The third kappa shape index (κ3) is 3.60. The number of amides is 1. The van der Waals surface area contributed by atoms with E-state index in [1.807, 2.05) is 0 Å². The van der Waals surface area contributed by atoms with Crippen molar-refractivity contribution in [3.63, 3.8) is 0 Å². The number of rotatable bonds is 5. The molecule has 0 saturated heterocycles. The van der Waals surface area contributed by atoms with E-state index in [0.29, 0.717) is 6.61 Å². The molecule has 0 atom stereocenters. The molecule has 0 bridgehead atoms. The van der Waals surface area contributed by atoms with Gasteiger partial charge in [-0.2, -0.15) is 0 Å². The van der Waals surface area contributed by atoms with Crippen molar-refractivity contribution in [2.24, 2.45) is 0 Å². The zero-order valence-corrected chi connectivity index (χ0v) is 8.83. The van der Waals surface area contributed by atoms with Crippen molar-refractivity contribution >= 4 is 11.9 Å². The van der Waals surface area contributed by atoms with Crippen molar-refractivity contribution in [1.29, 1.82) is 0 Å². The summed E-state index contributed by atoms with van der Waals surface area (Å²) in [7, 11) is 0. The molecule has 0 radical (unpaired) electrons. The van der Waals surface area contributed by atoms with Crippen LogP contribution in [0, 0.1) is 0 Å². The van der Waals surface area contributed by atoms with Gasteiger partial charge in [-0.15, -0.1) is 0 Å². The zero-order chi connectivity index (χ0) is 12.0. The second-order valence-electron chi connectivity index (χ2n) is 2.97. The average Bonchev–Trinajstić information content (AvgIpc) is 2.65. The minimum Gasteiger partial charge on any atom is -0.466 e. The number of ether oxygens (including phenoxy) is 1. The van der Waals surface area contributed by atoms with Gasteiger partial charge in [0.15, 0.2) is 0 Å². The molecule has 88 valence electrons. The Morgan fingerprint density at radius 1 is 1.50 bits per heavy atom. The first-order valence-electron chi connectivity index (χ1n) is 4.85. The number of imidazole rings is 1. The topological polar surface area (TPSA) is 104 Å². The monoisotopic (exact) mass is 227 g/mol. The predicted molar refractivity (Wildman–Crippen MR) is 55.0 cm³/mol. The molecule has 1 heterocycles. The molecule has 1 amide bonds. The molecule has 1 rings (SSSR count). The minimum atomic E-state index is -0.449. The van der Waals surface area contributed by atoms with Gasteiger partial charge in [0.2, 0.25) is 0 Å². The molecular weight excluding hydrogens is 214 g/mol. The van der Waals surface area contributed by atoms with E-state index < -0.39 is 11.6 Å². The first-order valence-corrected chi connectivity index (χ1v) is 4.85. The Balaban J connectivity index is 2.31. The summed E-state index contributed by atoms with van der Waals surface area (Å²) < 4.78 is 4.68. The Morgan fingerprint density at radius 3 is 2.81 bits per heavy atom. The van der Waals surface area contributed by atoms with Gasteiger partial charge in [0.05, 0.1) is 13.0 Å². The standard InChI is InChI=1S/C9H13N3O4/c1-2-16-7(13)3-4-10-8(14)6-5-11-9(15)12-6/h5H,2-4H2,1H3,(H,10,14)(H2,11,12,15). The van der Waals surface area contributed by atoms with Crippen LogP contribution >= 0.6 is 0 Å². The SMILES string of the molecule is CCOC(=O)CCNC(=O)c1c[nH]c(=O)[nH]1. The molecular formula is C9H13N3O4. The van der Waals surface area contributed by atoms with Crippen LogP contribution in [0.3, 0.4) is 0 Å². The van der Waals surface area contributed by atoms with Crippen LogP contribution in [0.2, 0.25) is 0 Å². The number of aromatic nitrogens is 2. The first-order chi connectivity index (χ1) is 7.63. The number of carbonyl (C=O) groups excluding carboxylic acids is 2. The summed E-state index contributed by atoms with van der Waals surface area (Å²) in [6, 6.07) is 0. The normalized spacial score (nSPS) is 9.81. The van der Waals surface area contributed by atoms with Crippen LogP contribution in [0.4, 0.5) is 0 Å². The number of esters is 1. The van der Waals surface area contributed by atoms with Gasteiger partial charge in [0, 0.05) is 12.7 Å². The molecule has 1 aromatic rings. The largest absolute Gasteiger partial charge is 0.466 e. The lowest BCUT2D eigenvalue weighted by atomic mass is 10.4. The van der Waals surface area contributed by atoms with Gasteiger partial charge in [-0.05, 0) is 6.92 Å². The summed E-state index contributed by atoms with van der Waals surface area (Å²) >= 11 is 0. The van der Waals surface area contributed by atoms with Crippen LogP contribution in [0.1, 0.15) is 23.8 Å². The molecule has 0 saturated carbocycles. The van der Waals surface area contributed by atoms with Crippen molar-refractivity contribution in [3.8, 4) is 0 Å². The van der Waals surface area contributed by atoms with Gasteiger partial charge in [0.25, 0.3) is 5.91 Å². The number of hydrogen-bond donors (Lipinski definition) is 3. The molecule has 0 spiro atoms. The van der Waals surface area contributed by atoms with Gasteiger partial charge in [-0.25, -0.2) is 4.79 Å². The average molecular weight is 227 g/mol. The number of hydrogen-bond acceptors (Lipinski definition) is 4. The summed E-state index contributed by atoms with van der Waals surface area (Å²) in [6.07, 6.45) is 1.37. The summed E-state index contributed by atoms with van der Waals surface area (Å²) in [5.41, 5.74) is -0.315. The number of carbonyl (C=O) groups is 2. The van der Waals surface area contributed by atoms with Gasteiger partial charge < -0.3 is 20.0 Å². The maximum absolute atomic E-state index is 11.3. The Hall–Kier alpha value is -2.05. The minimum absolute atomic E-state index is 0.105. The summed E-state index contributed by atoms with van der Waals surface area (Å²) in [4.78, 5) is 37.6. The molecule has 1 aromatic heterocycles. The third-order valence-electron chi connectivity index (χ3n) is 1.76. The number of H-pyrrole nitrogens is 2. The molecule has 0 unspecified atom stereocenters. The highest BCUT2D eigenvalue weighted by atomic mass is 16.5. The number of aromatic amines is 2. The fourth-order valence-electron chi connectivity index (χ4n) is 1.06. The Morgan fingerprint density at radius 2 is 2.25 bits per heavy atom. The molecule has 0 aliphatic carbocycles. The van der Waals surface area contributed by atoms with E-state index in [4.69, 9.17) is 0 Å². The fourth-order valence-corrected chi connectivity index (χ4v) is 1.06. The highest BCUT2D eigenvalue weighted by molar-refractivity contribution is 5.92. The van der Waals surface area contributed by atoms with Crippen molar-refractivity contribution in [3.05, 3.63) is 22.4 Å². The molecule has 16 heavy (non-hydrogen) atoms. The van der Waals surface area contributed by atoms with E-state index >= 15 is 0 Å². The molecule has 3 N–H and O–H groups in total. The third-order valence-corrected chi connectivity index (χ3v) is 1.76. The summed E-state index contributed by atoms with van der Waals surface area (Å²) in [5.74, 6) is -0.812. The van der Waals surface area contributed by atoms with Crippen molar-refractivity contribution in [1.82, 2.24) is 15.3 Å². The van der Waals surface area contributed by atoms with E-state index in [0.717, 1.165) is 0 Å². The van der Waals surface area contributed by atoms with E-state index in [1.165, 1.54) is 6.20 Å². The van der Waals surface area contributed by atoms with Crippen molar-refractivity contribution in [2.75, 3.05) is 13.2 Å². The lowest BCUT2D eigenvalue weighted by Gasteiger charge is -2.03. The van der Waals surface area contributed by atoms with E-state index in [1.54, 1.807) is 6.92 Å². The molecule has 0 fully saturated rings. The second kappa shape index (κ2) is 5.74. The zero-order valence-electron chi connectivity index (χ0n) is 8.83. The van der Waals surface area contributed by atoms with Crippen LogP contribution in [-0.4, -0.2) is 35.0 Å². The Labute approximate surface area is 91.2 Å². The Kier molecular flexibility index (Phi) is 4.31. The van der Waals surface area contributed by atoms with E-state index in [2.05, 4.69) is 20.0 Å². The maximum Gasteiger partial charge on any atom is 0.323 e.